The summed E-state index contributed by atoms with van der Waals surface area (Å²) in [5.74, 6) is 0.203. The van der Waals surface area contributed by atoms with Gasteiger partial charge in [0.2, 0.25) is 5.91 Å². The number of rotatable bonds is 9. The molecule has 0 aliphatic carbocycles. The van der Waals surface area contributed by atoms with Crippen LogP contribution in [-0.4, -0.2) is 81.5 Å². The maximum atomic E-state index is 12.2. The van der Waals surface area contributed by atoms with E-state index in [2.05, 4.69) is 10.2 Å². The van der Waals surface area contributed by atoms with Crippen LogP contribution in [0.1, 0.15) is 18.4 Å². The molecule has 1 N–H and O–H groups in total. The van der Waals surface area contributed by atoms with Crippen molar-refractivity contribution in [2.75, 3.05) is 51.3 Å². The highest BCUT2D eigenvalue weighted by Crippen LogP contribution is 2.06. The Morgan fingerprint density at radius 2 is 1.79 bits per heavy atom. The third-order valence-corrected chi connectivity index (χ3v) is 5.48. The zero-order valence-corrected chi connectivity index (χ0v) is 17.1. The summed E-state index contributed by atoms with van der Waals surface area (Å²) in [6.45, 7) is 3.69. The van der Waals surface area contributed by atoms with Gasteiger partial charge < -0.3 is 15.0 Å². The quantitative estimate of drug-likeness (QED) is 0.606. The van der Waals surface area contributed by atoms with Crippen molar-refractivity contribution in [1.29, 1.82) is 0 Å². The highest BCUT2D eigenvalue weighted by molar-refractivity contribution is 7.90. The number of nitrogens with zero attached hydrogens (tertiary/aromatic N) is 2. The van der Waals surface area contributed by atoms with Gasteiger partial charge in [-0.05, 0) is 12.0 Å². The zero-order chi connectivity index (χ0) is 20.4. The van der Waals surface area contributed by atoms with E-state index in [1.165, 1.54) is 6.26 Å². The normalized spacial score (nSPS) is 15.2. The third-order valence-electron chi connectivity index (χ3n) is 4.55. The van der Waals surface area contributed by atoms with E-state index in [9.17, 15) is 18.0 Å². The molecule has 1 aliphatic heterocycles. The molecule has 8 nitrogen and oxygen atoms in total. The average molecular weight is 412 g/mol. The van der Waals surface area contributed by atoms with Gasteiger partial charge in [-0.3, -0.25) is 9.69 Å². The lowest BCUT2D eigenvalue weighted by molar-refractivity contribution is -0.133. The van der Waals surface area contributed by atoms with Crippen molar-refractivity contribution < 1.29 is 22.7 Å². The topological polar surface area (TPSA) is 96.0 Å². The zero-order valence-electron chi connectivity index (χ0n) is 16.3. The molecular formula is C19H29N3O5S. The second-order valence-corrected chi connectivity index (χ2v) is 9.20. The summed E-state index contributed by atoms with van der Waals surface area (Å²) in [4.78, 5) is 27.8. The number of ether oxygens (including phenoxy) is 1. The van der Waals surface area contributed by atoms with Crippen LogP contribution in [0.2, 0.25) is 0 Å². The molecule has 2 amide bonds. The van der Waals surface area contributed by atoms with Crippen LogP contribution < -0.4 is 5.32 Å². The summed E-state index contributed by atoms with van der Waals surface area (Å²) < 4.78 is 27.6. The number of amides is 2. The summed E-state index contributed by atoms with van der Waals surface area (Å²) in [7, 11) is -2.96. The fourth-order valence-corrected chi connectivity index (χ4v) is 3.47. The molecule has 0 atom stereocenters. The molecule has 0 saturated carbocycles. The minimum atomic E-state index is -2.96. The summed E-state index contributed by atoms with van der Waals surface area (Å²) in [6.07, 6.45) is 1.66. The molecule has 1 saturated heterocycles. The Balaban J connectivity index is 1.54. The Labute approximate surface area is 166 Å². The van der Waals surface area contributed by atoms with Crippen LogP contribution >= 0.6 is 0 Å². The Morgan fingerprint density at radius 1 is 1.11 bits per heavy atom. The van der Waals surface area contributed by atoms with E-state index in [4.69, 9.17) is 4.74 Å². The van der Waals surface area contributed by atoms with Crippen LogP contribution in [0.5, 0.6) is 0 Å². The first-order valence-corrected chi connectivity index (χ1v) is 11.5. The number of benzene rings is 1. The summed E-state index contributed by atoms with van der Waals surface area (Å²) in [6, 6.07) is 9.43. The number of carbonyl (C=O) groups is 2. The first kappa shape index (κ1) is 22.2. The van der Waals surface area contributed by atoms with Crippen LogP contribution in [0, 0.1) is 0 Å². The number of carbonyl (C=O) groups excluding carboxylic acids is 2. The Bertz CT molecular complexity index is 731. The standard InChI is InChI=1S/C19H29N3O5S/c1-28(25,26)15-14-21-10-12-22(13-11-21)18(23)8-5-9-20-19(24)27-16-17-6-3-2-4-7-17/h2-4,6-7H,5,8-16H2,1H3,(H,20,24). The smallest absolute Gasteiger partial charge is 0.407 e. The highest BCUT2D eigenvalue weighted by Gasteiger charge is 2.21. The minimum Gasteiger partial charge on any atom is -0.445 e. The van der Waals surface area contributed by atoms with Crippen molar-refractivity contribution in [3.63, 3.8) is 0 Å². The van der Waals surface area contributed by atoms with Crippen LogP contribution in [0.25, 0.3) is 0 Å². The molecule has 28 heavy (non-hydrogen) atoms. The van der Waals surface area contributed by atoms with E-state index in [0.717, 1.165) is 5.56 Å². The lowest BCUT2D eigenvalue weighted by Gasteiger charge is -2.34. The maximum Gasteiger partial charge on any atom is 0.407 e. The molecule has 0 spiro atoms. The van der Waals surface area contributed by atoms with Crippen molar-refractivity contribution in [2.45, 2.75) is 19.4 Å². The van der Waals surface area contributed by atoms with Gasteiger partial charge in [-0.25, -0.2) is 13.2 Å². The Hall–Kier alpha value is -2.13. The largest absolute Gasteiger partial charge is 0.445 e. The highest BCUT2D eigenvalue weighted by atomic mass is 32.2. The second-order valence-electron chi connectivity index (χ2n) is 6.94. The van der Waals surface area contributed by atoms with Gasteiger partial charge in [0.05, 0.1) is 5.75 Å². The third kappa shape index (κ3) is 8.71. The van der Waals surface area contributed by atoms with Gasteiger partial charge in [0, 0.05) is 51.9 Å². The van der Waals surface area contributed by atoms with Crippen LogP contribution in [-0.2, 0) is 26.0 Å². The number of piperazine rings is 1. The summed E-state index contributed by atoms with van der Waals surface area (Å²) in [5.41, 5.74) is 0.920. The molecule has 1 aliphatic rings. The molecule has 156 valence electrons. The average Bonchev–Trinajstić information content (AvgIpc) is 2.68. The number of hydrogen-bond donors (Lipinski definition) is 1. The predicted molar refractivity (Wildman–Crippen MR) is 107 cm³/mol. The SMILES string of the molecule is CS(=O)(=O)CCN1CCN(C(=O)CCCNC(=O)OCc2ccccc2)CC1. The molecule has 0 aromatic heterocycles. The first-order valence-electron chi connectivity index (χ1n) is 9.46. The Kier molecular flexibility index (Phi) is 8.72. The van der Waals surface area contributed by atoms with E-state index < -0.39 is 15.9 Å². The van der Waals surface area contributed by atoms with Crippen LogP contribution in [0.4, 0.5) is 4.79 Å². The monoisotopic (exact) mass is 411 g/mol. The predicted octanol–water partition coefficient (Wildman–Crippen LogP) is 0.882. The van der Waals surface area contributed by atoms with Gasteiger partial charge in [0.25, 0.3) is 0 Å². The lowest BCUT2D eigenvalue weighted by atomic mass is 10.2. The summed E-state index contributed by atoms with van der Waals surface area (Å²) >= 11 is 0. The maximum absolute atomic E-state index is 12.2. The molecule has 1 fully saturated rings. The van der Waals surface area contributed by atoms with Crippen molar-refractivity contribution >= 4 is 21.8 Å². The van der Waals surface area contributed by atoms with Gasteiger partial charge in [-0.1, -0.05) is 30.3 Å². The van der Waals surface area contributed by atoms with Crippen molar-refractivity contribution in [1.82, 2.24) is 15.1 Å². The number of hydrogen-bond acceptors (Lipinski definition) is 6. The van der Waals surface area contributed by atoms with E-state index in [1.807, 2.05) is 30.3 Å². The molecule has 9 heteroatoms. The van der Waals surface area contributed by atoms with Crippen molar-refractivity contribution in [3.8, 4) is 0 Å². The van der Waals surface area contributed by atoms with Gasteiger partial charge in [0.1, 0.15) is 16.4 Å². The van der Waals surface area contributed by atoms with Gasteiger partial charge in [0.15, 0.2) is 0 Å². The van der Waals surface area contributed by atoms with Gasteiger partial charge in [-0.15, -0.1) is 0 Å². The molecule has 1 aromatic rings. The number of sulfone groups is 1. The van der Waals surface area contributed by atoms with E-state index in [0.29, 0.717) is 52.1 Å². The molecule has 2 rings (SSSR count). The minimum absolute atomic E-state index is 0.0576. The van der Waals surface area contributed by atoms with Crippen molar-refractivity contribution in [2.24, 2.45) is 0 Å². The van der Waals surface area contributed by atoms with Crippen molar-refractivity contribution in [3.05, 3.63) is 35.9 Å². The van der Waals surface area contributed by atoms with E-state index in [1.54, 1.807) is 4.90 Å². The van der Waals surface area contributed by atoms with E-state index >= 15 is 0 Å². The summed E-state index contributed by atoms with van der Waals surface area (Å²) in [5, 5.41) is 2.65. The fraction of sp³-hybridized carbons (Fsp3) is 0.579. The number of alkyl carbamates (subject to hydrolysis) is 1. The molecule has 1 heterocycles. The lowest BCUT2D eigenvalue weighted by Crippen LogP contribution is -2.49. The van der Waals surface area contributed by atoms with Gasteiger partial charge >= 0.3 is 6.09 Å². The van der Waals surface area contributed by atoms with Crippen LogP contribution in [0.15, 0.2) is 30.3 Å². The molecule has 0 unspecified atom stereocenters. The van der Waals surface area contributed by atoms with Crippen LogP contribution in [0.3, 0.4) is 0 Å². The molecule has 1 aromatic carbocycles. The van der Waals surface area contributed by atoms with Gasteiger partial charge in [-0.2, -0.15) is 0 Å². The first-order chi connectivity index (χ1) is 13.3. The number of nitrogens with one attached hydrogen (secondary N) is 1. The second kappa shape index (κ2) is 11.0. The molecular weight excluding hydrogens is 382 g/mol. The van der Waals surface area contributed by atoms with E-state index in [-0.39, 0.29) is 18.3 Å². The molecule has 0 bridgehead atoms. The Morgan fingerprint density at radius 3 is 2.43 bits per heavy atom. The molecule has 0 radical (unpaired) electrons. The fourth-order valence-electron chi connectivity index (χ4n) is 2.88.